The number of hydrogen-bond acceptors (Lipinski definition) is 3. The van der Waals surface area contributed by atoms with Gasteiger partial charge in [-0.25, -0.2) is 0 Å². The van der Waals surface area contributed by atoms with E-state index < -0.39 is 0 Å². The quantitative estimate of drug-likeness (QED) is 0.777. The van der Waals surface area contributed by atoms with Gasteiger partial charge in [0, 0.05) is 4.47 Å². The van der Waals surface area contributed by atoms with Crippen LogP contribution in [-0.2, 0) is 0 Å². The summed E-state index contributed by atoms with van der Waals surface area (Å²) in [7, 11) is 4.08. The molecule has 0 bridgehead atoms. The molecule has 2 N–H and O–H groups in total. The maximum Gasteiger partial charge on any atom is 0.261 e. The molecule has 2 rings (SSSR count). The molecule has 1 atom stereocenters. The number of halogens is 2. The van der Waals surface area contributed by atoms with Crippen molar-refractivity contribution in [1.82, 2.24) is 5.32 Å². The monoisotopic (exact) mass is 421 g/mol. The molecule has 0 spiro atoms. The minimum absolute atomic E-state index is 0.0702. The van der Waals surface area contributed by atoms with Gasteiger partial charge in [0.15, 0.2) is 11.8 Å². The molecule has 20 heavy (non-hydrogen) atoms. The Hall–Kier alpha value is -0.630. The third kappa shape index (κ3) is 3.72. The first kappa shape index (κ1) is 15.8. The summed E-state index contributed by atoms with van der Waals surface area (Å²) in [5, 5.41) is 2.96. The molecule has 0 aliphatic carbocycles. The predicted octanol–water partition coefficient (Wildman–Crippen LogP) is 2.48. The molecule has 0 saturated carbocycles. The molecule has 0 fully saturated rings. The summed E-state index contributed by atoms with van der Waals surface area (Å²) in [5.41, 5.74) is 0. The van der Waals surface area contributed by atoms with Crippen LogP contribution in [0.4, 0.5) is 0 Å². The van der Waals surface area contributed by atoms with Crippen molar-refractivity contribution in [3.05, 3.63) is 43.4 Å². The molecule has 0 saturated heterocycles. The zero-order chi connectivity index (χ0) is 14.7. The second-order valence-electron chi connectivity index (χ2n) is 4.59. The van der Waals surface area contributed by atoms with Gasteiger partial charge in [-0.15, -0.1) is 11.3 Å². The second-order valence-corrected chi connectivity index (χ2v) is 7.81. The Morgan fingerprint density at radius 1 is 1.50 bits per heavy atom. The van der Waals surface area contributed by atoms with Gasteiger partial charge in [-0.1, -0.05) is 0 Å². The molecule has 0 aliphatic heterocycles. The fraction of sp³-hybridized carbons (Fsp3) is 0.308. The van der Waals surface area contributed by atoms with Gasteiger partial charge in [0.05, 0.1) is 35.6 Å². The Morgan fingerprint density at radius 3 is 2.75 bits per heavy atom. The van der Waals surface area contributed by atoms with E-state index in [1.165, 1.54) is 16.2 Å². The van der Waals surface area contributed by atoms with Gasteiger partial charge in [0.2, 0.25) is 0 Å². The van der Waals surface area contributed by atoms with E-state index >= 15 is 0 Å². The highest BCUT2D eigenvalue weighted by Gasteiger charge is 2.22. The number of carbonyl (C=O) groups is 1. The third-order valence-corrected chi connectivity index (χ3v) is 6.17. The Morgan fingerprint density at radius 2 is 2.25 bits per heavy atom. The SMILES string of the molecule is C[NH+](C)[C@H](CNC(=O)c1cc(Br)c(Br)s1)c1ccco1. The molecule has 2 aromatic rings. The number of quaternary nitrogens is 1. The number of thiophene rings is 1. The van der Waals surface area contributed by atoms with Crippen LogP contribution < -0.4 is 10.2 Å². The smallest absolute Gasteiger partial charge is 0.261 e. The Bertz CT molecular complexity index is 562. The number of carbonyl (C=O) groups excluding carboxylic acids is 1. The Balaban J connectivity index is 2.01. The number of nitrogens with one attached hydrogen (secondary N) is 2. The van der Waals surface area contributed by atoms with Crippen molar-refractivity contribution in [2.24, 2.45) is 0 Å². The fourth-order valence-electron chi connectivity index (χ4n) is 1.82. The van der Waals surface area contributed by atoms with Crippen molar-refractivity contribution in [3.8, 4) is 0 Å². The van der Waals surface area contributed by atoms with Crippen molar-refractivity contribution in [3.63, 3.8) is 0 Å². The van der Waals surface area contributed by atoms with E-state index in [1.807, 2.05) is 32.3 Å². The lowest BCUT2D eigenvalue weighted by Crippen LogP contribution is -3.07. The number of furan rings is 1. The highest BCUT2D eigenvalue weighted by Crippen LogP contribution is 2.32. The van der Waals surface area contributed by atoms with E-state index in [0.29, 0.717) is 11.4 Å². The summed E-state index contributed by atoms with van der Waals surface area (Å²) in [6, 6.07) is 5.71. The fourth-order valence-corrected chi connectivity index (χ4v) is 3.77. The molecule has 7 heteroatoms. The minimum Gasteiger partial charge on any atom is -0.463 e. The van der Waals surface area contributed by atoms with E-state index in [-0.39, 0.29) is 11.9 Å². The predicted molar refractivity (Wildman–Crippen MR) is 86.3 cm³/mol. The van der Waals surface area contributed by atoms with Crippen LogP contribution in [0.1, 0.15) is 21.5 Å². The van der Waals surface area contributed by atoms with E-state index in [2.05, 4.69) is 37.2 Å². The van der Waals surface area contributed by atoms with Crippen LogP contribution in [0.25, 0.3) is 0 Å². The average molecular weight is 423 g/mol. The van der Waals surface area contributed by atoms with Crippen molar-refractivity contribution in [2.45, 2.75) is 6.04 Å². The number of likely N-dealkylation sites (N-methyl/N-ethyl adjacent to an activating group) is 1. The topological polar surface area (TPSA) is 46.7 Å². The van der Waals surface area contributed by atoms with E-state index in [4.69, 9.17) is 4.42 Å². The normalized spacial score (nSPS) is 12.7. The maximum atomic E-state index is 12.1. The molecule has 0 aromatic carbocycles. The van der Waals surface area contributed by atoms with Crippen LogP contribution in [0.3, 0.4) is 0 Å². The maximum absolute atomic E-state index is 12.1. The van der Waals surface area contributed by atoms with Gasteiger partial charge in [0.1, 0.15) is 0 Å². The first-order valence-corrected chi connectivity index (χ1v) is 8.45. The molecule has 2 aromatic heterocycles. The summed E-state index contributed by atoms with van der Waals surface area (Å²) >= 11 is 8.18. The van der Waals surface area contributed by atoms with E-state index in [9.17, 15) is 4.79 Å². The van der Waals surface area contributed by atoms with Crippen LogP contribution in [0.5, 0.6) is 0 Å². The van der Waals surface area contributed by atoms with E-state index in [1.54, 1.807) is 6.26 Å². The van der Waals surface area contributed by atoms with Gasteiger partial charge in [-0.3, -0.25) is 4.79 Å². The number of hydrogen-bond donors (Lipinski definition) is 2. The van der Waals surface area contributed by atoms with Crippen LogP contribution in [0.2, 0.25) is 0 Å². The second kappa shape index (κ2) is 6.89. The number of amides is 1. The van der Waals surface area contributed by atoms with Gasteiger partial charge >= 0.3 is 0 Å². The third-order valence-electron chi connectivity index (χ3n) is 2.92. The van der Waals surface area contributed by atoms with Crippen LogP contribution in [0, 0.1) is 0 Å². The van der Waals surface area contributed by atoms with Gasteiger partial charge in [-0.05, 0) is 50.1 Å². The first-order valence-electron chi connectivity index (χ1n) is 6.05. The van der Waals surface area contributed by atoms with Gasteiger partial charge < -0.3 is 14.6 Å². The molecule has 0 aliphatic rings. The molecule has 2 heterocycles. The minimum atomic E-state index is -0.0702. The zero-order valence-corrected chi connectivity index (χ0v) is 15.1. The summed E-state index contributed by atoms with van der Waals surface area (Å²) < 4.78 is 7.25. The Kier molecular flexibility index (Phi) is 5.42. The number of rotatable bonds is 5. The lowest BCUT2D eigenvalue weighted by atomic mass is 10.2. The lowest BCUT2D eigenvalue weighted by molar-refractivity contribution is -0.891. The highest BCUT2D eigenvalue weighted by atomic mass is 79.9. The standard InChI is InChI=1S/C13H14Br2N2O2S/c1-17(2)9(10-4-3-5-19-10)7-16-13(18)11-6-8(14)12(15)20-11/h3-6,9H,7H2,1-2H3,(H,16,18)/p+1/t9-/m1/s1. The van der Waals surface area contributed by atoms with Crippen LogP contribution >= 0.6 is 43.2 Å². The summed E-state index contributed by atoms with van der Waals surface area (Å²) in [4.78, 5) is 14.0. The van der Waals surface area contributed by atoms with Crippen molar-refractivity contribution >= 4 is 49.1 Å². The van der Waals surface area contributed by atoms with Crippen LogP contribution in [-0.4, -0.2) is 26.5 Å². The molecule has 1 amide bonds. The molecule has 0 unspecified atom stereocenters. The highest BCUT2D eigenvalue weighted by molar-refractivity contribution is 9.13. The van der Waals surface area contributed by atoms with Gasteiger partial charge in [-0.2, -0.15) is 0 Å². The molecular formula is C13H15Br2N2O2S+. The average Bonchev–Trinajstić information content (AvgIpc) is 3.00. The zero-order valence-electron chi connectivity index (χ0n) is 11.1. The Labute approximate surface area is 138 Å². The van der Waals surface area contributed by atoms with Crippen LogP contribution in [0.15, 0.2) is 37.1 Å². The molecule has 108 valence electrons. The lowest BCUT2D eigenvalue weighted by Gasteiger charge is -2.19. The summed E-state index contributed by atoms with van der Waals surface area (Å²) in [5.74, 6) is 0.804. The van der Waals surface area contributed by atoms with Gasteiger partial charge in [0.25, 0.3) is 5.91 Å². The molecular weight excluding hydrogens is 408 g/mol. The molecule has 4 nitrogen and oxygen atoms in total. The summed E-state index contributed by atoms with van der Waals surface area (Å²) in [6.07, 6.45) is 1.65. The molecule has 0 radical (unpaired) electrons. The van der Waals surface area contributed by atoms with Crippen molar-refractivity contribution in [1.29, 1.82) is 0 Å². The largest absolute Gasteiger partial charge is 0.463 e. The van der Waals surface area contributed by atoms with E-state index in [0.717, 1.165) is 14.0 Å². The van der Waals surface area contributed by atoms with Crippen molar-refractivity contribution < 1.29 is 14.1 Å². The summed E-state index contributed by atoms with van der Waals surface area (Å²) in [6.45, 7) is 0.530. The first-order chi connectivity index (χ1) is 9.49. The van der Waals surface area contributed by atoms with Crippen molar-refractivity contribution in [2.75, 3.05) is 20.6 Å².